The van der Waals surface area contributed by atoms with Gasteiger partial charge in [-0.2, -0.15) is 0 Å². The van der Waals surface area contributed by atoms with Crippen LogP contribution in [0.25, 0.3) is 0 Å². The summed E-state index contributed by atoms with van der Waals surface area (Å²) in [7, 11) is 0. The zero-order valence-electron chi connectivity index (χ0n) is 29.2. The maximum Gasteiger partial charge on any atom is 0.409 e. The summed E-state index contributed by atoms with van der Waals surface area (Å²) in [6.45, 7) is 7.35. The predicted molar refractivity (Wildman–Crippen MR) is 185 cm³/mol. The first-order valence-corrected chi connectivity index (χ1v) is 18.7. The molecule has 0 radical (unpaired) electrons. The molecule has 1 aromatic carbocycles. The molecule has 1 aromatic heterocycles. The number of benzene rings is 1. The quantitative estimate of drug-likeness (QED) is 0.230. The van der Waals surface area contributed by atoms with E-state index in [9.17, 15) is 19.8 Å². The van der Waals surface area contributed by atoms with Crippen LogP contribution in [0.5, 0.6) is 0 Å². The van der Waals surface area contributed by atoms with Crippen LogP contribution in [0.15, 0.2) is 52.7 Å². The van der Waals surface area contributed by atoms with Crippen LogP contribution in [-0.4, -0.2) is 58.4 Å². The first kappa shape index (κ1) is 33.6. The fraction of sp³-hybridized carbons (Fsp3) is 0.659. The van der Waals surface area contributed by atoms with Crippen molar-refractivity contribution in [1.82, 2.24) is 4.90 Å². The van der Waals surface area contributed by atoms with Crippen molar-refractivity contribution in [2.75, 3.05) is 19.7 Å². The van der Waals surface area contributed by atoms with Gasteiger partial charge in [-0.15, -0.1) is 0 Å². The summed E-state index contributed by atoms with van der Waals surface area (Å²) in [5.41, 5.74) is 1.96. The van der Waals surface area contributed by atoms with Crippen molar-refractivity contribution in [3.8, 4) is 0 Å². The molecule has 2 N–H and O–H groups in total. The molecule has 1 heterocycles. The highest BCUT2D eigenvalue weighted by Crippen LogP contribution is 2.62. The van der Waals surface area contributed by atoms with Gasteiger partial charge in [0.05, 0.1) is 31.1 Å². The smallest absolute Gasteiger partial charge is 0.409 e. The summed E-state index contributed by atoms with van der Waals surface area (Å²) in [5.74, 6) is 2.28. The third-order valence-corrected chi connectivity index (χ3v) is 13.3. The second-order valence-corrected chi connectivity index (χ2v) is 16.7. The molecule has 0 aliphatic heterocycles. The largest absolute Gasteiger partial charge is 0.461 e. The van der Waals surface area contributed by atoms with Crippen molar-refractivity contribution in [2.24, 2.45) is 28.6 Å². The normalized spacial score (nSPS) is 35.9. The molecule has 260 valence electrons. The van der Waals surface area contributed by atoms with Gasteiger partial charge < -0.3 is 24.3 Å². The van der Waals surface area contributed by atoms with E-state index in [4.69, 9.17) is 9.15 Å². The molecule has 7 nitrogen and oxygen atoms in total. The minimum absolute atomic E-state index is 0.114. The van der Waals surface area contributed by atoms with Gasteiger partial charge in [0.15, 0.2) is 5.76 Å². The lowest BCUT2D eigenvalue weighted by atomic mass is 9.49. The molecule has 7 aliphatic carbocycles. The van der Waals surface area contributed by atoms with Crippen molar-refractivity contribution < 1.29 is 29.0 Å². The second-order valence-electron chi connectivity index (χ2n) is 16.7. The Morgan fingerprint density at radius 3 is 2.42 bits per heavy atom. The first-order valence-electron chi connectivity index (χ1n) is 18.7. The van der Waals surface area contributed by atoms with E-state index in [2.05, 4.69) is 26.0 Å². The highest BCUT2D eigenvalue weighted by Gasteiger charge is 2.59. The standard InChI is InChI=1S/C41H55NO6/c1-4-47-38(45)42(25-40-22-29-17-30(23-40)19-31(18-29)24-40)26-41(46)15-13-35-33-12-10-28(21-34(33)37(44)36-8-6-16-48-36)20-32(43)11-9-27(2)7-5-14-39(35,41)3/h6-8,10,12,16,21,29-32,35,43,46H,4-5,9,11,13-15,17-20,22-26H2,1-3H3. The zero-order valence-corrected chi connectivity index (χ0v) is 29.2. The van der Waals surface area contributed by atoms with E-state index < -0.39 is 17.1 Å². The van der Waals surface area contributed by atoms with Gasteiger partial charge >= 0.3 is 6.09 Å². The fourth-order valence-corrected chi connectivity index (χ4v) is 11.3. The number of furan rings is 1. The molecule has 5 saturated carbocycles. The molecule has 0 spiro atoms. The van der Waals surface area contributed by atoms with Crippen LogP contribution in [-0.2, 0) is 11.2 Å². The van der Waals surface area contributed by atoms with Crippen LogP contribution < -0.4 is 0 Å². The number of carbonyl (C=O) groups excluding carboxylic acids is 2. The van der Waals surface area contributed by atoms with Gasteiger partial charge in [0.1, 0.15) is 0 Å². The van der Waals surface area contributed by atoms with E-state index in [-0.39, 0.29) is 35.5 Å². The Labute approximate surface area is 286 Å². The van der Waals surface area contributed by atoms with E-state index in [1.807, 2.05) is 24.0 Å². The molecule has 48 heavy (non-hydrogen) atoms. The van der Waals surface area contributed by atoms with Crippen LogP contribution in [0.3, 0.4) is 0 Å². The molecule has 9 rings (SSSR count). The zero-order chi connectivity index (χ0) is 33.7. The molecule has 1 amide bonds. The van der Waals surface area contributed by atoms with Gasteiger partial charge in [0.2, 0.25) is 5.78 Å². The minimum Gasteiger partial charge on any atom is -0.461 e. The Hall–Kier alpha value is -2.90. The summed E-state index contributed by atoms with van der Waals surface area (Å²) in [5, 5.41) is 23.9. The van der Waals surface area contributed by atoms with Gasteiger partial charge in [-0.05, 0) is 156 Å². The predicted octanol–water partition coefficient (Wildman–Crippen LogP) is 8.22. The Balaban J connectivity index is 1.26. The number of hydrogen-bond donors (Lipinski definition) is 2. The third kappa shape index (κ3) is 6.30. The van der Waals surface area contributed by atoms with Crippen LogP contribution in [0.1, 0.15) is 131 Å². The van der Waals surface area contributed by atoms with E-state index in [1.54, 1.807) is 12.1 Å². The van der Waals surface area contributed by atoms with E-state index in [0.717, 1.165) is 41.7 Å². The van der Waals surface area contributed by atoms with Crippen LogP contribution in [0, 0.1) is 28.6 Å². The van der Waals surface area contributed by atoms with Gasteiger partial charge in [0.25, 0.3) is 0 Å². The molecule has 4 atom stereocenters. The second kappa shape index (κ2) is 13.1. The molecule has 7 heteroatoms. The SMILES string of the molecule is CCOC(=O)N(CC12CC3CC(CC(C3)C1)C2)CC1(O)CCC2c3ccc(cc3C(=O)c3ccco3)CC(O)CCC(C)=CCCC21C. The number of aliphatic hydroxyl groups is 2. The number of aliphatic hydroxyl groups excluding tert-OH is 1. The summed E-state index contributed by atoms with van der Waals surface area (Å²) >= 11 is 0. The summed E-state index contributed by atoms with van der Waals surface area (Å²) in [6, 6.07) is 9.46. The molecule has 7 aliphatic rings. The molecule has 5 fully saturated rings. The number of ketones is 1. The molecule has 6 bridgehead atoms. The van der Waals surface area contributed by atoms with Gasteiger partial charge in [-0.25, -0.2) is 4.79 Å². The Bertz CT molecular complexity index is 1490. The number of amides is 1. The van der Waals surface area contributed by atoms with Gasteiger partial charge in [0, 0.05) is 17.5 Å². The summed E-state index contributed by atoms with van der Waals surface area (Å²) in [4.78, 5) is 29.7. The van der Waals surface area contributed by atoms with Crippen molar-refractivity contribution in [2.45, 2.75) is 122 Å². The Kier molecular flexibility index (Phi) is 9.16. The topological polar surface area (TPSA) is 100 Å². The first-order chi connectivity index (χ1) is 23.0. The number of carbonyl (C=O) groups is 2. The molecule has 0 saturated heterocycles. The minimum atomic E-state index is -1.18. The number of nitrogens with zero attached hydrogens (tertiary/aromatic N) is 1. The van der Waals surface area contributed by atoms with E-state index in [0.29, 0.717) is 50.8 Å². The highest BCUT2D eigenvalue weighted by atomic mass is 16.6. The average molecular weight is 658 g/mol. The molecular weight excluding hydrogens is 602 g/mol. The summed E-state index contributed by atoms with van der Waals surface area (Å²) in [6.07, 6.45) is 15.1. The number of ether oxygens (including phenoxy) is 1. The highest BCUT2D eigenvalue weighted by molar-refractivity contribution is 6.08. The average Bonchev–Trinajstić information content (AvgIpc) is 3.66. The van der Waals surface area contributed by atoms with E-state index in [1.165, 1.54) is 50.4 Å². The monoisotopic (exact) mass is 657 g/mol. The number of fused-ring (bicyclic) bond motifs is 8. The lowest BCUT2D eigenvalue weighted by Crippen LogP contribution is -2.58. The molecular formula is C41H55NO6. The van der Waals surface area contributed by atoms with Crippen LogP contribution in [0.2, 0.25) is 0 Å². The van der Waals surface area contributed by atoms with Crippen molar-refractivity contribution in [3.63, 3.8) is 0 Å². The van der Waals surface area contributed by atoms with Crippen LogP contribution in [0.4, 0.5) is 4.79 Å². The van der Waals surface area contributed by atoms with Crippen molar-refractivity contribution >= 4 is 11.9 Å². The Morgan fingerprint density at radius 1 is 1.02 bits per heavy atom. The summed E-state index contributed by atoms with van der Waals surface area (Å²) < 4.78 is 11.3. The molecule has 4 unspecified atom stereocenters. The Morgan fingerprint density at radius 2 is 1.75 bits per heavy atom. The number of allylic oxidation sites excluding steroid dienone is 2. The molecule has 2 aromatic rings. The maximum atomic E-state index is 14.0. The van der Waals surface area contributed by atoms with E-state index >= 15 is 0 Å². The third-order valence-electron chi connectivity index (χ3n) is 13.3. The number of rotatable bonds is 7. The van der Waals surface area contributed by atoms with Crippen molar-refractivity contribution in [3.05, 3.63) is 70.7 Å². The van der Waals surface area contributed by atoms with Gasteiger partial charge in [-0.3, -0.25) is 4.79 Å². The lowest BCUT2D eigenvalue weighted by Gasteiger charge is -2.58. The lowest BCUT2D eigenvalue weighted by molar-refractivity contribution is -0.103. The fourth-order valence-electron chi connectivity index (χ4n) is 11.3. The van der Waals surface area contributed by atoms with Gasteiger partial charge in [-0.1, -0.05) is 30.7 Å². The van der Waals surface area contributed by atoms with Crippen molar-refractivity contribution in [1.29, 1.82) is 0 Å². The maximum absolute atomic E-state index is 14.0. The van der Waals surface area contributed by atoms with Crippen LogP contribution >= 0.6 is 0 Å². The number of hydrogen-bond acceptors (Lipinski definition) is 6.